The smallest absolute Gasteiger partial charge is 0.231 e. The predicted octanol–water partition coefficient (Wildman–Crippen LogP) is 2.41. The second-order valence-corrected chi connectivity index (χ2v) is 7.12. The van der Waals surface area contributed by atoms with Gasteiger partial charge >= 0.3 is 0 Å². The number of benzene rings is 1. The normalized spacial score (nSPS) is 31.4. The van der Waals surface area contributed by atoms with Gasteiger partial charge in [-0.25, -0.2) is 0 Å². The van der Waals surface area contributed by atoms with Gasteiger partial charge in [0.05, 0.1) is 0 Å². The van der Waals surface area contributed by atoms with Crippen molar-refractivity contribution in [3.63, 3.8) is 0 Å². The van der Waals surface area contributed by atoms with E-state index < -0.39 is 0 Å². The summed E-state index contributed by atoms with van der Waals surface area (Å²) in [5, 5.41) is 3.55. The van der Waals surface area contributed by atoms with Gasteiger partial charge in [0.2, 0.25) is 6.79 Å². The molecule has 3 aliphatic heterocycles. The van der Waals surface area contributed by atoms with Gasteiger partial charge in [-0.2, -0.15) is 0 Å². The highest BCUT2D eigenvalue weighted by atomic mass is 16.7. The van der Waals surface area contributed by atoms with E-state index in [1.54, 1.807) is 0 Å². The topological polar surface area (TPSA) is 33.7 Å². The molecule has 4 nitrogen and oxygen atoms in total. The molecule has 0 saturated carbocycles. The standard InChI is InChI=1S/C17H24N2O2/c1-11(12-4-5-15-16(6-12)21-10-20-15)19-9-13-7-18-8-14(13)17(19,2)3/h4-6,11,13-14,18H,7-10H2,1-3H3. The van der Waals surface area contributed by atoms with Gasteiger partial charge in [-0.15, -0.1) is 0 Å². The monoisotopic (exact) mass is 288 g/mol. The Balaban J connectivity index is 1.61. The third-order valence-electron chi connectivity index (χ3n) is 5.77. The summed E-state index contributed by atoms with van der Waals surface area (Å²) in [4.78, 5) is 2.67. The number of hydrogen-bond donors (Lipinski definition) is 1. The van der Waals surface area contributed by atoms with Crippen LogP contribution in [-0.4, -0.2) is 36.9 Å². The van der Waals surface area contributed by atoms with E-state index in [1.165, 1.54) is 18.7 Å². The van der Waals surface area contributed by atoms with Crippen LogP contribution in [0.3, 0.4) is 0 Å². The van der Waals surface area contributed by atoms with Crippen molar-refractivity contribution in [3.05, 3.63) is 23.8 Å². The largest absolute Gasteiger partial charge is 0.454 e. The van der Waals surface area contributed by atoms with Gasteiger partial charge in [-0.05, 0) is 56.8 Å². The number of nitrogens with one attached hydrogen (secondary N) is 1. The first-order valence-electron chi connectivity index (χ1n) is 7.94. The van der Waals surface area contributed by atoms with Gasteiger partial charge in [0.1, 0.15) is 0 Å². The second-order valence-electron chi connectivity index (χ2n) is 7.12. The zero-order chi connectivity index (χ0) is 14.6. The molecular weight excluding hydrogens is 264 g/mol. The maximum atomic E-state index is 5.53. The second kappa shape index (κ2) is 4.62. The Morgan fingerprint density at radius 2 is 2.05 bits per heavy atom. The maximum Gasteiger partial charge on any atom is 0.231 e. The molecule has 0 bridgehead atoms. The highest BCUT2D eigenvalue weighted by molar-refractivity contribution is 5.45. The van der Waals surface area contributed by atoms with E-state index in [-0.39, 0.29) is 5.54 Å². The van der Waals surface area contributed by atoms with Crippen molar-refractivity contribution in [1.82, 2.24) is 10.2 Å². The van der Waals surface area contributed by atoms with Crippen molar-refractivity contribution in [2.24, 2.45) is 11.8 Å². The van der Waals surface area contributed by atoms with E-state index in [2.05, 4.69) is 43.1 Å². The van der Waals surface area contributed by atoms with Crippen LogP contribution in [0.5, 0.6) is 11.5 Å². The minimum absolute atomic E-state index is 0.240. The minimum atomic E-state index is 0.240. The number of nitrogens with zero attached hydrogens (tertiary/aromatic N) is 1. The van der Waals surface area contributed by atoms with Gasteiger partial charge in [0, 0.05) is 24.7 Å². The summed E-state index contributed by atoms with van der Waals surface area (Å²) in [6.07, 6.45) is 0. The van der Waals surface area contributed by atoms with Gasteiger partial charge in [0.15, 0.2) is 11.5 Å². The van der Waals surface area contributed by atoms with Crippen LogP contribution in [0.15, 0.2) is 18.2 Å². The summed E-state index contributed by atoms with van der Waals surface area (Å²) in [6.45, 7) is 11.0. The third-order valence-corrected chi connectivity index (χ3v) is 5.77. The molecule has 1 aromatic rings. The van der Waals surface area contributed by atoms with Crippen LogP contribution >= 0.6 is 0 Å². The number of hydrogen-bond acceptors (Lipinski definition) is 4. The Labute approximate surface area is 126 Å². The van der Waals surface area contributed by atoms with E-state index in [1.807, 2.05) is 6.07 Å². The van der Waals surface area contributed by atoms with Crippen molar-refractivity contribution in [2.45, 2.75) is 32.4 Å². The highest BCUT2D eigenvalue weighted by Gasteiger charge is 2.50. The molecule has 114 valence electrons. The molecule has 2 fully saturated rings. The van der Waals surface area contributed by atoms with Crippen molar-refractivity contribution < 1.29 is 9.47 Å². The quantitative estimate of drug-likeness (QED) is 0.906. The number of likely N-dealkylation sites (tertiary alicyclic amines) is 1. The summed E-state index contributed by atoms with van der Waals surface area (Å²) in [5.74, 6) is 3.30. The first-order chi connectivity index (χ1) is 10.1. The molecule has 0 aromatic heterocycles. The van der Waals surface area contributed by atoms with Crippen LogP contribution in [0, 0.1) is 11.8 Å². The Morgan fingerprint density at radius 3 is 2.86 bits per heavy atom. The zero-order valence-corrected chi connectivity index (χ0v) is 13.1. The fourth-order valence-corrected chi connectivity index (χ4v) is 4.46. The Bertz CT molecular complexity index is 558. The van der Waals surface area contributed by atoms with Crippen LogP contribution in [0.25, 0.3) is 0 Å². The lowest BCUT2D eigenvalue weighted by Crippen LogP contribution is -2.45. The van der Waals surface area contributed by atoms with E-state index in [0.29, 0.717) is 12.8 Å². The minimum Gasteiger partial charge on any atom is -0.454 e. The molecule has 4 rings (SSSR count). The molecule has 3 aliphatic rings. The van der Waals surface area contributed by atoms with Gasteiger partial charge in [-0.1, -0.05) is 6.07 Å². The van der Waals surface area contributed by atoms with Crippen LogP contribution < -0.4 is 14.8 Å². The molecule has 1 N–H and O–H groups in total. The van der Waals surface area contributed by atoms with Crippen molar-refractivity contribution >= 4 is 0 Å². The highest BCUT2D eigenvalue weighted by Crippen LogP contribution is 2.45. The fourth-order valence-electron chi connectivity index (χ4n) is 4.46. The van der Waals surface area contributed by atoms with E-state index >= 15 is 0 Å². The number of fused-ring (bicyclic) bond motifs is 2. The lowest BCUT2D eigenvalue weighted by Gasteiger charge is -2.40. The molecule has 3 unspecified atom stereocenters. The van der Waals surface area contributed by atoms with Crippen molar-refractivity contribution in [1.29, 1.82) is 0 Å². The maximum absolute atomic E-state index is 5.53. The molecule has 21 heavy (non-hydrogen) atoms. The first kappa shape index (κ1) is 13.4. The van der Waals surface area contributed by atoms with E-state index in [0.717, 1.165) is 29.9 Å². The van der Waals surface area contributed by atoms with Crippen molar-refractivity contribution in [3.8, 4) is 11.5 Å². The molecule has 2 saturated heterocycles. The molecule has 0 aliphatic carbocycles. The molecule has 3 atom stereocenters. The summed E-state index contributed by atoms with van der Waals surface area (Å²) in [5.41, 5.74) is 1.56. The first-order valence-corrected chi connectivity index (χ1v) is 7.94. The van der Waals surface area contributed by atoms with Gasteiger partial charge in [-0.3, -0.25) is 4.90 Å². The Morgan fingerprint density at radius 1 is 1.24 bits per heavy atom. The molecule has 0 radical (unpaired) electrons. The summed E-state index contributed by atoms with van der Waals surface area (Å²) >= 11 is 0. The lowest BCUT2D eigenvalue weighted by atomic mass is 9.84. The summed E-state index contributed by atoms with van der Waals surface area (Å²) in [6, 6.07) is 6.77. The van der Waals surface area contributed by atoms with Gasteiger partial charge < -0.3 is 14.8 Å². The van der Waals surface area contributed by atoms with Crippen LogP contribution in [0.4, 0.5) is 0 Å². The van der Waals surface area contributed by atoms with Gasteiger partial charge in [0.25, 0.3) is 0 Å². The molecular formula is C17H24N2O2. The predicted molar refractivity (Wildman–Crippen MR) is 81.6 cm³/mol. The molecule has 0 amide bonds. The molecule has 1 aromatic carbocycles. The number of rotatable bonds is 2. The molecule has 0 spiro atoms. The zero-order valence-electron chi connectivity index (χ0n) is 13.1. The average Bonchev–Trinajstić information content (AvgIpc) is 3.15. The number of ether oxygens (including phenoxy) is 2. The lowest BCUT2D eigenvalue weighted by molar-refractivity contribution is 0.0969. The Hall–Kier alpha value is -1.26. The van der Waals surface area contributed by atoms with E-state index in [4.69, 9.17) is 9.47 Å². The third kappa shape index (κ3) is 1.96. The average molecular weight is 288 g/mol. The van der Waals surface area contributed by atoms with E-state index in [9.17, 15) is 0 Å². The van der Waals surface area contributed by atoms with Crippen LogP contribution in [0.1, 0.15) is 32.4 Å². The van der Waals surface area contributed by atoms with Crippen molar-refractivity contribution in [2.75, 3.05) is 26.4 Å². The SMILES string of the molecule is CC(c1ccc2c(c1)OCO2)N1CC2CNCC2C1(C)C. The fraction of sp³-hybridized carbons (Fsp3) is 0.647. The molecule has 4 heteroatoms. The summed E-state index contributed by atoms with van der Waals surface area (Å²) in [7, 11) is 0. The molecule has 3 heterocycles. The Kier molecular flexibility index (Phi) is 2.95. The van der Waals surface area contributed by atoms with Crippen LogP contribution in [0.2, 0.25) is 0 Å². The van der Waals surface area contributed by atoms with Crippen LogP contribution in [-0.2, 0) is 0 Å². The summed E-state index contributed by atoms with van der Waals surface area (Å²) < 4.78 is 10.9.